The van der Waals surface area contributed by atoms with Crippen molar-refractivity contribution in [2.24, 2.45) is 0 Å². The fourth-order valence-corrected chi connectivity index (χ4v) is 2.97. The molecule has 1 aromatic rings. The van der Waals surface area contributed by atoms with Crippen LogP contribution < -0.4 is 4.31 Å². The minimum absolute atomic E-state index is 0.00236. The van der Waals surface area contributed by atoms with Crippen LogP contribution in [-0.2, 0) is 14.8 Å². The molecule has 0 aromatic heterocycles. The van der Waals surface area contributed by atoms with Crippen LogP contribution in [0.25, 0.3) is 0 Å². The van der Waals surface area contributed by atoms with Crippen LogP contribution in [0, 0.1) is 5.82 Å². The van der Waals surface area contributed by atoms with Crippen molar-refractivity contribution in [2.45, 2.75) is 20.3 Å². The second-order valence-corrected chi connectivity index (χ2v) is 6.54. The molecule has 0 radical (unpaired) electrons. The zero-order valence-electron chi connectivity index (χ0n) is 12.5. The number of sulfonamides is 1. The zero-order chi connectivity index (χ0) is 16.0. The standard InChI is InChI=1S/C14H21FN2O3S/c1-4-16(5-2)14(18)9-10-17(21(3,19)20)13-8-6-7-12(15)11-13/h6-8,11H,4-5,9-10H2,1-3H3. The van der Waals surface area contributed by atoms with E-state index in [1.54, 1.807) is 4.90 Å². The van der Waals surface area contributed by atoms with Gasteiger partial charge >= 0.3 is 0 Å². The highest BCUT2D eigenvalue weighted by Gasteiger charge is 2.20. The third kappa shape index (κ3) is 5.00. The van der Waals surface area contributed by atoms with Crippen molar-refractivity contribution in [2.75, 3.05) is 30.2 Å². The number of amides is 1. The average molecular weight is 316 g/mol. The molecular formula is C14H21FN2O3S. The maximum Gasteiger partial charge on any atom is 0.232 e. The fraction of sp³-hybridized carbons (Fsp3) is 0.500. The number of anilines is 1. The molecule has 0 aliphatic heterocycles. The van der Waals surface area contributed by atoms with E-state index < -0.39 is 15.8 Å². The first-order valence-electron chi connectivity index (χ1n) is 6.80. The molecule has 0 bridgehead atoms. The molecule has 0 unspecified atom stereocenters. The maximum atomic E-state index is 13.3. The molecule has 0 N–H and O–H groups in total. The van der Waals surface area contributed by atoms with Crippen LogP contribution in [0.5, 0.6) is 0 Å². The van der Waals surface area contributed by atoms with Gasteiger partial charge in [-0.1, -0.05) is 6.07 Å². The predicted molar refractivity (Wildman–Crippen MR) is 81.1 cm³/mol. The van der Waals surface area contributed by atoms with E-state index in [0.717, 1.165) is 16.6 Å². The van der Waals surface area contributed by atoms with Crippen LogP contribution in [0.3, 0.4) is 0 Å². The lowest BCUT2D eigenvalue weighted by Gasteiger charge is -2.24. The Morgan fingerprint density at radius 3 is 2.33 bits per heavy atom. The molecule has 7 heteroatoms. The highest BCUT2D eigenvalue weighted by atomic mass is 32.2. The molecule has 0 fully saturated rings. The Labute approximate surface area is 125 Å². The van der Waals surface area contributed by atoms with Crippen molar-refractivity contribution in [3.63, 3.8) is 0 Å². The van der Waals surface area contributed by atoms with Crippen molar-refractivity contribution in [3.8, 4) is 0 Å². The molecule has 0 aliphatic carbocycles. The molecule has 1 amide bonds. The normalized spacial score (nSPS) is 11.2. The third-order valence-corrected chi connectivity index (χ3v) is 4.34. The summed E-state index contributed by atoms with van der Waals surface area (Å²) < 4.78 is 38.0. The number of carbonyl (C=O) groups excluding carboxylic acids is 1. The van der Waals surface area contributed by atoms with Gasteiger partial charge in [0.15, 0.2) is 0 Å². The molecule has 1 aromatic carbocycles. The summed E-state index contributed by atoms with van der Waals surface area (Å²) in [6, 6.07) is 5.33. The van der Waals surface area contributed by atoms with E-state index in [2.05, 4.69) is 0 Å². The average Bonchev–Trinajstić information content (AvgIpc) is 2.39. The van der Waals surface area contributed by atoms with Crippen molar-refractivity contribution in [1.29, 1.82) is 0 Å². The van der Waals surface area contributed by atoms with E-state index in [1.165, 1.54) is 18.2 Å². The molecule has 0 heterocycles. The van der Waals surface area contributed by atoms with Gasteiger partial charge in [-0.05, 0) is 32.0 Å². The molecular weight excluding hydrogens is 295 g/mol. The van der Waals surface area contributed by atoms with Crippen molar-refractivity contribution >= 4 is 21.6 Å². The zero-order valence-corrected chi connectivity index (χ0v) is 13.4. The summed E-state index contributed by atoms with van der Waals surface area (Å²) in [7, 11) is -3.57. The smallest absolute Gasteiger partial charge is 0.232 e. The highest BCUT2D eigenvalue weighted by molar-refractivity contribution is 7.92. The molecule has 0 saturated carbocycles. The van der Waals surface area contributed by atoms with Crippen molar-refractivity contribution in [3.05, 3.63) is 30.1 Å². The largest absolute Gasteiger partial charge is 0.343 e. The Morgan fingerprint density at radius 2 is 1.86 bits per heavy atom. The van der Waals surface area contributed by atoms with E-state index in [9.17, 15) is 17.6 Å². The van der Waals surface area contributed by atoms with E-state index in [-0.39, 0.29) is 24.6 Å². The van der Waals surface area contributed by atoms with Gasteiger partial charge in [-0.25, -0.2) is 12.8 Å². The highest BCUT2D eigenvalue weighted by Crippen LogP contribution is 2.19. The molecule has 0 aliphatic rings. The Kier molecular flexibility index (Phi) is 6.14. The van der Waals surface area contributed by atoms with Gasteiger partial charge in [-0.15, -0.1) is 0 Å². The minimum Gasteiger partial charge on any atom is -0.343 e. The second kappa shape index (κ2) is 7.40. The van der Waals surface area contributed by atoms with E-state index in [1.807, 2.05) is 13.8 Å². The summed E-state index contributed by atoms with van der Waals surface area (Å²) in [6.07, 6.45) is 1.10. The van der Waals surface area contributed by atoms with Gasteiger partial charge in [0, 0.05) is 26.1 Å². The Bertz CT molecular complexity index is 586. The number of benzene rings is 1. The molecule has 0 saturated heterocycles. The van der Waals surface area contributed by atoms with E-state index in [4.69, 9.17) is 0 Å². The lowest BCUT2D eigenvalue weighted by molar-refractivity contribution is -0.130. The quantitative estimate of drug-likeness (QED) is 0.771. The summed E-state index contributed by atoms with van der Waals surface area (Å²) in [5.74, 6) is -0.638. The summed E-state index contributed by atoms with van der Waals surface area (Å²) in [5, 5.41) is 0. The van der Waals surface area contributed by atoms with E-state index in [0.29, 0.717) is 13.1 Å². The predicted octanol–water partition coefficient (Wildman–Crippen LogP) is 1.85. The number of nitrogens with zero attached hydrogens (tertiary/aromatic N) is 2. The van der Waals surface area contributed by atoms with Crippen LogP contribution in [-0.4, -0.2) is 45.1 Å². The lowest BCUT2D eigenvalue weighted by Crippen LogP contribution is -2.36. The van der Waals surface area contributed by atoms with Crippen molar-refractivity contribution < 1.29 is 17.6 Å². The lowest BCUT2D eigenvalue weighted by atomic mass is 10.3. The van der Waals surface area contributed by atoms with Gasteiger partial charge in [0.05, 0.1) is 11.9 Å². The van der Waals surface area contributed by atoms with Gasteiger partial charge in [0.2, 0.25) is 15.9 Å². The SMILES string of the molecule is CCN(CC)C(=O)CCN(c1cccc(F)c1)S(C)(=O)=O. The van der Waals surface area contributed by atoms with E-state index >= 15 is 0 Å². The molecule has 1 rings (SSSR count). The first kappa shape index (κ1) is 17.4. The van der Waals surface area contributed by atoms with Crippen molar-refractivity contribution in [1.82, 2.24) is 4.90 Å². The van der Waals surface area contributed by atoms with Gasteiger partial charge in [-0.3, -0.25) is 9.10 Å². The van der Waals surface area contributed by atoms with Crippen LogP contribution >= 0.6 is 0 Å². The Balaban J connectivity index is 2.89. The molecule has 21 heavy (non-hydrogen) atoms. The first-order chi connectivity index (χ1) is 9.79. The maximum absolute atomic E-state index is 13.3. The van der Waals surface area contributed by atoms with Crippen LogP contribution in [0.15, 0.2) is 24.3 Å². The monoisotopic (exact) mass is 316 g/mol. The number of hydrogen-bond donors (Lipinski definition) is 0. The van der Waals surface area contributed by atoms with Gasteiger partial charge in [0.1, 0.15) is 5.82 Å². The number of carbonyl (C=O) groups is 1. The van der Waals surface area contributed by atoms with Gasteiger partial charge in [0.25, 0.3) is 0 Å². The van der Waals surface area contributed by atoms with Crippen LogP contribution in [0.1, 0.15) is 20.3 Å². The number of hydrogen-bond acceptors (Lipinski definition) is 3. The molecule has 5 nitrogen and oxygen atoms in total. The Hall–Kier alpha value is -1.63. The summed E-state index contributed by atoms with van der Waals surface area (Å²) in [6.45, 7) is 4.88. The minimum atomic E-state index is -3.57. The third-order valence-electron chi connectivity index (χ3n) is 3.14. The number of rotatable bonds is 7. The van der Waals surface area contributed by atoms with Gasteiger partial charge in [-0.2, -0.15) is 0 Å². The molecule has 0 spiro atoms. The van der Waals surface area contributed by atoms with Gasteiger partial charge < -0.3 is 4.90 Å². The molecule has 118 valence electrons. The number of halogens is 1. The summed E-state index contributed by atoms with van der Waals surface area (Å²) in [4.78, 5) is 13.6. The van der Waals surface area contributed by atoms with Crippen LogP contribution in [0.2, 0.25) is 0 Å². The molecule has 0 atom stereocenters. The summed E-state index contributed by atoms with van der Waals surface area (Å²) >= 11 is 0. The topological polar surface area (TPSA) is 57.7 Å². The Morgan fingerprint density at radius 1 is 1.24 bits per heavy atom. The summed E-state index contributed by atoms with van der Waals surface area (Å²) in [5.41, 5.74) is 0.227. The first-order valence-corrected chi connectivity index (χ1v) is 8.65. The second-order valence-electron chi connectivity index (χ2n) is 4.63. The fourth-order valence-electron chi connectivity index (χ4n) is 2.05. The van der Waals surface area contributed by atoms with Crippen LogP contribution in [0.4, 0.5) is 10.1 Å².